The van der Waals surface area contributed by atoms with Crippen LogP contribution < -0.4 is 4.90 Å². The van der Waals surface area contributed by atoms with E-state index in [0.29, 0.717) is 17.0 Å². The highest BCUT2D eigenvalue weighted by Gasteiger charge is 2.35. The van der Waals surface area contributed by atoms with E-state index in [0.717, 1.165) is 10.5 Å². The minimum atomic E-state index is -0.279. The Bertz CT molecular complexity index is 476. The zero-order chi connectivity index (χ0) is 11.9. The van der Waals surface area contributed by atoms with E-state index in [-0.39, 0.29) is 11.8 Å². The lowest BCUT2D eigenvalue weighted by Crippen LogP contribution is -2.31. The monoisotopic (exact) mass is 216 g/mol. The summed E-state index contributed by atoms with van der Waals surface area (Å²) < 4.78 is 0. The fourth-order valence-electron chi connectivity index (χ4n) is 1.55. The first-order valence-electron chi connectivity index (χ1n) is 5.01. The second kappa shape index (κ2) is 3.56. The molecule has 4 heteroatoms. The molecule has 0 radical (unpaired) electrons. The lowest BCUT2D eigenvalue weighted by atomic mass is 10.2. The second-order valence-corrected chi connectivity index (χ2v) is 3.89. The minimum absolute atomic E-state index is 0.279. The van der Waals surface area contributed by atoms with E-state index in [9.17, 15) is 9.59 Å². The van der Waals surface area contributed by atoms with E-state index in [1.807, 2.05) is 13.0 Å². The molecule has 16 heavy (non-hydrogen) atoms. The number of carbonyl (C=O) groups excluding carboxylic acids is 2. The van der Waals surface area contributed by atoms with E-state index >= 15 is 0 Å². The predicted molar refractivity (Wildman–Crippen MR) is 59.8 cm³/mol. The molecule has 1 aromatic heterocycles. The van der Waals surface area contributed by atoms with Gasteiger partial charge >= 0.3 is 0 Å². The third kappa shape index (κ3) is 1.43. The molecule has 0 aliphatic carbocycles. The third-order valence-corrected chi connectivity index (χ3v) is 2.74. The highest BCUT2D eigenvalue weighted by Crippen LogP contribution is 2.24. The molecule has 0 saturated carbocycles. The average Bonchev–Trinajstić information content (AvgIpc) is 2.46. The molecule has 0 fully saturated rings. The topological polar surface area (TPSA) is 50.3 Å². The van der Waals surface area contributed by atoms with E-state index in [2.05, 4.69) is 4.98 Å². The van der Waals surface area contributed by atoms with Gasteiger partial charge < -0.3 is 0 Å². The fourth-order valence-corrected chi connectivity index (χ4v) is 1.55. The third-order valence-electron chi connectivity index (χ3n) is 2.74. The van der Waals surface area contributed by atoms with Crippen LogP contribution in [0.25, 0.3) is 0 Å². The summed E-state index contributed by atoms with van der Waals surface area (Å²) in [5.74, 6) is -0.172. The quantitative estimate of drug-likeness (QED) is 0.670. The van der Waals surface area contributed by atoms with Crippen molar-refractivity contribution < 1.29 is 9.59 Å². The summed E-state index contributed by atoms with van der Waals surface area (Å²) in [6.07, 6.45) is 1.64. The highest BCUT2D eigenvalue weighted by atomic mass is 16.2. The van der Waals surface area contributed by atoms with Gasteiger partial charge in [0.15, 0.2) is 0 Å². The summed E-state index contributed by atoms with van der Waals surface area (Å²) in [7, 11) is 0. The maximum absolute atomic E-state index is 11.8. The van der Waals surface area contributed by atoms with Crippen LogP contribution in [-0.2, 0) is 9.59 Å². The molecule has 0 spiro atoms. The first-order valence-corrected chi connectivity index (χ1v) is 5.01. The van der Waals surface area contributed by atoms with Crippen LogP contribution in [0.1, 0.15) is 19.4 Å². The van der Waals surface area contributed by atoms with Crippen molar-refractivity contribution in [3.63, 3.8) is 0 Å². The molecular weight excluding hydrogens is 204 g/mol. The van der Waals surface area contributed by atoms with Gasteiger partial charge in [-0.1, -0.05) is 6.07 Å². The summed E-state index contributed by atoms with van der Waals surface area (Å²) >= 11 is 0. The Morgan fingerprint density at radius 2 is 1.56 bits per heavy atom. The molecule has 2 amide bonds. The lowest BCUT2D eigenvalue weighted by Gasteiger charge is -2.13. The number of rotatable bonds is 1. The van der Waals surface area contributed by atoms with E-state index < -0.39 is 0 Å². The lowest BCUT2D eigenvalue weighted by molar-refractivity contribution is -0.120. The van der Waals surface area contributed by atoms with Crippen molar-refractivity contribution in [2.45, 2.75) is 20.8 Å². The van der Waals surface area contributed by atoms with Crippen LogP contribution in [-0.4, -0.2) is 16.8 Å². The van der Waals surface area contributed by atoms with Crippen molar-refractivity contribution in [2.75, 3.05) is 4.90 Å². The number of carbonyl (C=O) groups is 2. The van der Waals surface area contributed by atoms with Gasteiger partial charge in [-0.15, -0.1) is 0 Å². The highest BCUT2D eigenvalue weighted by molar-refractivity contribution is 6.32. The molecule has 0 atom stereocenters. The molecule has 1 aliphatic heterocycles. The zero-order valence-corrected chi connectivity index (χ0v) is 9.44. The van der Waals surface area contributed by atoms with Gasteiger partial charge in [-0.25, -0.2) is 9.88 Å². The van der Waals surface area contributed by atoms with Gasteiger partial charge in [-0.05, 0) is 32.4 Å². The molecule has 2 rings (SSSR count). The minimum Gasteiger partial charge on any atom is -0.269 e. The zero-order valence-electron chi connectivity index (χ0n) is 9.44. The second-order valence-electron chi connectivity index (χ2n) is 3.89. The summed E-state index contributed by atoms with van der Waals surface area (Å²) in [5.41, 5.74) is 1.98. The maximum Gasteiger partial charge on any atom is 0.262 e. The van der Waals surface area contributed by atoms with Gasteiger partial charge in [0.25, 0.3) is 11.8 Å². The number of amides is 2. The van der Waals surface area contributed by atoms with Crippen molar-refractivity contribution in [3.8, 4) is 0 Å². The molecule has 0 aromatic carbocycles. The molecule has 1 aliphatic rings. The number of hydrogen-bond donors (Lipinski definition) is 0. The van der Waals surface area contributed by atoms with Crippen molar-refractivity contribution in [3.05, 3.63) is 35.0 Å². The number of anilines is 1. The molecule has 0 N–H and O–H groups in total. The number of pyridine rings is 1. The number of nitrogens with zero attached hydrogens (tertiary/aromatic N) is 2. The fraction of sp³-hybridized carbons (Fsp3) is 0.250. The van der Waals surface area contributed by atoms with Gasteiger partial charge in [0.1, 0.15) is 5.82 Å². The van der Waals surface area contributed by atoms with Crippen molar-refractivity contribution >= 4 is 17.6 Å². The Balaban J connectivity index is 2.42. The molecule has 2 heterocycles. The number of hydrogen-bond acceptors (Lipinski definition) is 3. The Kier molecular flexibility index (Phi) is 2.34. The molecule has 82 valence electrons. The largest absolute Gasteiger partial charge is 0.269 e. The van der Waals surface area contributed by atoms with Crippen molar-refractivity contribution in [1.29, 1.82) is 0 Å². The van der Waals surface area contributed by atoms with Crippen LogP contribution in [0.15, 0.2) is 29.5 Å². The van der Waals surface area contributed by atoms with Crippen LogP contribution in [0.4, 0.5) is 5.82 Å². The molecule has 0 bridgehead atoms. The number of aromatic nitrogens is 1. The summed E-state index contributed by atoms with van der Waals surface area (Å²) in [6, 6.07) is 3.50. The van der Waals surface area contributed by atoms with E-state index in [4.69, 9.17) is 0 Å². The van der Waals surface area contributed by atoms with Gasteiger partial charge in [-0.3, -0.25) is 9.59 Å². The Labute approximate surface area is 93.6 Å². The molecule has 0 saturated heterocycles. The van der Waals surface area contributed by atoms with Crippen LogP contribution in [0, 0.1) is 6.92 Å². The van der Waals surface area contributed by atoms with Gasteiger partial charge in [0, 0.05) is 17.3 Å². The molecule has 1 aromatic rings. The van der Waals surface area contributed by atoms with E-state index in [1.54, 1.807) is 26.1 Å². The maximum atomic E-state index is 11.8. The Morgan fingerprint density at radius 3 is 2.00 bits per heavy atom. The normalized spacial score (nSPS) is 16.3. The number of aryl methyl sites for hydroxylation is 1. The van der Waals surface area contributed by atoms with Crippen molar-refractivity contribution in [1.82, 2.24) is 4.98 Å². The smallest absolute Gasteiger partial charge is 0.262 e. The van der Waals surface area contributed by atoms with Crippen LogP contribution in [0.5, 0.6) is 0 Å². The van der Waals surface area contributed by atoms with Gasteiger partial charge in [0.05, 0.1) is 0 Å². The summed E-state index contributed by atoms with van der Waals surface area (Å²) in [5, 5.41) is 0. The van der Waals surface area contributed by atoms with Crippen LogP contribution in [0.2, 0.25) is 0 Å². The van der Waals surface area contributed by atoms with Crippen LogP contribution in [0.3, 0.4) is 0 Å². The van der Waals surface area contributed by atoms with E-state index in [1.165, 1.54) is 0 Å². The van der Waals surface area contributed by atoms with Crippen LogP contribution >= 0.6 is 0 Å². The van der Waals surface area contributed by atoms with Gasteiger partial charge in [0.2, 0.25) is 0 Å². The number of imide groups is 1. The predicted octanol–water partition coefficient (Wildman–Crippen LogP) is 1.60. The molecule has 4 nitrogen and oxygen atoms in total. The average molecular weight is 216 g/mol. The Hall–Kier alpha value is -1.97. The molecular formula is C12H12N2O2. The standard InChI is InChI=1S/C12H12N2O2/c1-7-4-5-10(13-6-7)14-11(15)8(2)9(3)12(14)16/h4-6H,1-3H3. The van der Waals surface area contributed by atoms with Gasteiger partial charge in [-0.2, -0.15) is 0 Å². The summed E-state index contributed by atoms with van der Waals surface area (Å²) in [4.78, 5) is 28.8. The van der Waals surface area contributed by atoms with Crippen molar-refractivity contribution in [2.24, 2.45) is 0 Å². The molecule has 0 unspecified atom stereocenters. The Morgan fingerprint density at radius 1 is 1.00 bits per heavy atom. The first kappa shape index (κ1) is 10.5. The first-order chi connectivity index (χ1) is 7.52. The summed E-state index contributed by atoms with van der Waals surface area (Å²) in [6.45, 7) is 5.21. The SMILES string of the molecule is CC1=C(C)C(=O)N(c2ccc(C)cn2)C1=O.